The van der Waals surface area contributed by atoms with Crippen molar-refractivity contribution in [3.8, 4) is 22.9 Å². The fraction of sp³-hybridized carbons (Fsp3) is 0. The lowest BCUT2D eigenvalue weighted by Gasteiger charge is -2.10. The SMILES string of the molecule is c1ccc(-c2nc(-n3c4ccccc4c4ccc5c(ccn5-c5ccccc5)c43)nc3ccoc23)cc1. The Balaban J connectivity index is 1.50. The van der Waals surface area contributed by atoms with Gasteiger partial charge in [0.2, 0.25) is 5.95 Å². The minimum Gasteiger partial charge on any atom is -0.460 e. The Kier molecular flexibility index (Phi) is 4.16. The number of nitrogens with zero attached hydrogens (tertiary/aromatic N) is 4. The van der Waals surface area contributed by atoms with E-state index in [0.717, 1.165) is 44.4 Å². The van der Waals surface area contributed by atoms with Crippen molar-refractivity contribution < 1.29 is 4.42 Å². The molecule has 0 spiro atoms. The molecular weight excluding hydrogens is 456 g/mol. The van der Waals surface area contributed by atoms with Crippen LogP contribution >= 0.6 is 0 Å². The van der Waals surface area contributed by atoms with Gasteiger partial charge in [0.05, 0.1) is 22.8 Å². The topological polar surface area (TPSA) is 48.8 Å². The zero-order valence-electron chi connectivity index (χ0n) is 19.7. The quantitative estimate of drug-likeness (QED) is 0.260. The van der Waals surface area contributed by atoms with Crippen LogP contribution in [0.3, 0.4) is 0 Å². The summed E-state index contributed by atoms with van der Waals surface area (Å²) >= 11 is 0. The Morgan fingerprint density at radius 2 is 1.38 bits per heavy atom. The molecule has 0 amide bonds. The van der Waals surface area contributed by atoms with E-state index in [9.17, 15) is 0 Å². The fourth-order valence-electron chi connectivity index (χ4n) is 5.44. The molecule has 0 aliphatic heterocycles. The first-order valence-electron chi connectivity index (χ1n) is 12.3. The molecule has 0 unspecified atom stereocenters. The molecule has 0 saturated carbocycles. The standard InChI is InChI=1S/C32H20N4O/c1-3-9-21(10-4-1)29-31-26(18-20-37-31)33-32(34-29)36-28-14-8-7-13-23(28)24-15-16-27-25(30(24)36)17-19-35(27)22-11-5-2-6-12-22/h1-20H. The van der Waals surface area contributed by atoms with Gasteiger partial charge in [-0.25, -0.2) is 9.97 Å². The zero-order chi connectivity index (χ0) is 24.3. The summed E-state index contributed by atoms with van der Waals surface area (Å²) in [6, 6.07) is 37.5. The van der Waals surface area contributed by atoms with Gasteiger partial charge in [-0.2, -0.15) is 0 Å². The summed E-state index contributed by atoms with van der Waals surface area (Å²) in [5.41, 5.74) is 7.67. The Morgan fingerprint density at radius 3 is 2.24 bits per heavy atom. The molecule has 5 heteroatoms. The van der Waals surface area contributed by atoms with Gasteiger partial charge < -0.3 is 8.98 Å². The Hall–Kier alpha value is -5.16. The third kappa shape index (κ3) is 2.91. The lowest BCUT2D eigenvalue weighted by atomic mass is 10.1. The molecule has 0 N–H and O–H groups in total. The van der Waals surface area contributed by atoms with Crippen molar-refractivity contribution >= 4 is 43.8 Å². The maximum Gasteiger partial charge on any atom is 0.236 e. The molecular formula is C32H20N4O. The monoisotopic (exact) mass is 476 g/mol. The van der Waals surface area contributed by atoms with Crippen molar-refractivity contribution in [3.05, 3.63) is 122 Å². The maximum absolute atomic E-state index is 5.84. The van der Waals surface area contributed by atoms with Crippen LogP contribution in [0.2, 0.25) is 0 Å². The van der Waals surface area contributed by atoms with Gasteiger partial charge in [-0.05, 0) is 30.3 Å². The zero-order valence-corrected chi connectivity index (χ0v) is 19.7. The molecule has 8 rings (SSSR count). The Bertz CT molecular complexity index is 2080. The lowest BCUT2D eigenvalue weighted by molar-refractivity contribution is 0.614. The van der Waals surface area contributed by atoms with Crippen LogP contribution in [0.15, 0.2) is 126 Å². The van der Waals surface area contributed by atoms with E-state index in [0.29, 0.717) is 11.5 Å². The summed E-state index contributed by atoms with van der Waals surface area (Å²) in [5.74, 6) is 0.624. The van der Waals surface area contributed by atoms with Gasteiger partial charge in [0.1, 0.15) is 11.2 Å². The first-order chi connectivity index (χ1) is 18.4. The molecule has 0 radical (unpaired) electrons. The van der Waals surface area contributed by atoms with Crippen molar-refractivity contribution in [2.75, 3.05) is 0 Å². The van der Waals surface area contributed by atoms with Crippen LogP contribution in [-0.2, 0) is 0 Å². The molecule has 4 aromatic carbocycles. The molecule has 0 atom stereocenters. The molecule has 5 nitrogen and oxygen atoms in total. The Labute approximate surface area is 211 Å². The number of furan rings is 1. The molecule has 174 valence electrons. The smallest absolute Gasteiger partial charge is 0.236 e. The van der Waals surface area contributed by atoms with E-state index >= 15 is 0 Å². The molecule has 0 bridgehead atoms. The number of rotatable bonds is 3. The van der Waals surface area contributed by atoms with E-state index in [4.69, 9.17) is 14.4 Å². The van der Waals surface area contributed by atoms with Gasteiger partial charge in [-0.15, -0.1) is 0 Å². The van der Waals surface area contributed by atoms with Crippen LogP contribution in [-0.4, -0.2) is 19.1 Å². The van der Waals surface area contributed by atoms with Crippen molar-refractivity contribution in [3.63, 3.8) is 0 Å². The van der Waals surface area contributed by atoms with Gasteiger partial charge >= 0.3 is 0 Å². The van der Waals surface area contributed by atoms with E-state index in [2.05, 4.69) is 94.2 Å². The second-order valence-corrected chi connectivity index (χ2v) is 9.14. The van der Waals surface area contributed by atoms with Gasteiger partial charge in [-0.3, -0.25) is 4.57 Å². The summed E-state index contributed by atoms with van der Waals surface area (Å²) in [5, 5.41) is 3.49. The highest BCUT2D eigenvalue weighted by Crippen LogP contribution is 2.38. The second-order valence-electron chi connectivity index (χ2n) is 9.14. The first-order valence-corrected chi connectivity index (χ1v) is 12.3. The van der Waals surface area contributed by atoms with Crippen LogP contribution < -0.4 is 0 Å². The van der Waals surface area contributed by atoms with E-state index in [1.807, 2.05) is 30.3 Å². The first kappa shape index (κ1) is 20.1. The number of para-hydroxylation sites is 2. The highest BCUT2D eigenvalue weighted by atomic mass is 16.3. The van der Waals surface area contributed by atoms with E-state index in [-0.39, 0.29) is 0 Å². The van der Waals surface area contributed by atoms with Gasteiger partial charge in [-0.1, -0.05) is 72.8 Å². The van der Waals surface area contributed by atoms with Crippen molar-refractivity contribution in [1.29, 1.82) is 0 Å². The highest BCUT2D eigenvalue weighted by molar-refractivity contribution is 6.18. The molecule has 4 heterocycles. The predicted molar refractivity (Wildman–Crippen MR) is 148 cm³/mol. The molecule has 8 aromatic rings. The molecule has 0 aliphatic rings. The number of hydrogen-bond acceptors (Lipinski definition) is 3. The Morgan fingerprint density at radius 1 is 0.595 bits per heavy atom. The fourth-order valence-corrected chi connectivity index (χ4v) is 5.44. The number of aromatic nitrogens is 4. The summed E-state index contributed by atoms with van der Waals surface area (Å²) < 4.78 is 10.3. The summed E-state index contributed by atoms with van der Waals surface area (Å²) in [4.78, 5) is 10.1. The lowest BCUT2D eigenvalue weighted by Crippen LogP contribution is -2.03. The molecule has 0 fully saturated rings. The normalized spacial score (nSPS) is 11.8. The summed E-state index contributed by atoms with van der Waals surface area (Å²) in [6.45, 7) is 0. The average Bonchev–Trinajstić information content (AvgIpc) is 3.69. The third-order valence-electron chi connectivity index (χ3n) is 7.08. The van der Waals surface area contributed by atoms with Crippen molar-refractivity contribution in [1.82, 2.24) is 19.1 Å². The van der Waals surface area contributed by atoms with Crippen molar-refractivity contribution in [2.24, 2.45) is 0 Å². The van der Waals surface area contributed by atoms with Crippen molar-refractivity contribution in [2.45, 2.75) is 0 Å². The van der Waals surface area contributed by atoms with Gasteiger partial charge in [0.15, 0.2) is 5.58 Å². The van der Waals surface area contributed by atoms with Crippen LogP contribution in [0.1, 0.15) is 0 Å². The maximum atomic E-state index is 5.84. The average molecular weight is 477 g/mol. The van der Waals surface area contributed by atoms with E-state index in [1.54, 1.807) is 6.26 Å². The number of benzene rings is 4. The van der Waals surface area contributed by atoms with Crippen LogP contribution in [0.25, 0.3) is 66.7 Å². The molecule has 0 aliphatic carbocycles. The molecule has 37 heavy (non-hydrogen) atoms. The van der Waals surface area contributed by atoms with Crippen LogP contribution in [0.5, 0.6) is 0 Å². The van der Waals surface area contributed by atoms with Crippen LogP contribution in [0.4, 0.5) is 0 Å². The van der Waals surface area contributed by atoms with Gasteiger partial charge in [0.25, 0.3) is 0 Å². The van der Waals surface area contributed by atoms with E-state index < -0.39 is 0 Å². The highest BCUT2D eigenvalue weighted by Gasteiger charge is 2.20. The van der Waals surface area contributed by atoms with E-state index in [1.165, 1.54) is 10.8 Å². The predicted octanol–water partition coefficient (Wildman–Crippen LogP) is 7.93. The summed E-state index contributed by atoms with van der Waals surface area (Å²) in [6.07, 6.45) is 3.82. The van der Waals surface area contributed by atoms with Gasteiger partial charge in [0, 0.05) is 39.7 Å². The molecule has 0 saturated heterocycles. The van der Waals surface area contributed by atoms with Crippen LogP contribution in [0, 0.1) is 0 Å². The summed E-state index contributed by atoms with van der Waals surface area (Å²) in [7, 11) is 0. The minimum atomic E-state index is 0.624. The minimum absolute atomic E-state index is 0.624. The third-order valence-corrected chi connectivity index (χ3v) is 7.08. The number of fused-ring (bicyclic) bond motifs is 6. The molecule has 4 aromatic heterocycles. The second kappa shape index (κ2) is 7.67. The number of hydrogen-bond donors (Lipinski definition) is 0. The largest absolute Gasteiger partial charge is 0.460 e.